The summed E-state index contributed by atoms with van der Waals surface area (Å²) in [5.74, 6) is -3.40. The van der Waals surface area contributed by atoms with Gasteiger partial charge in [0, 0.05) is 18.9 Å². The van der Waals surface area contributed by atoms with Crippen molar-refractivity contribution in [3.8, 4) is 0 Å². The predicted molar refractivity (Wildman–Crippen MR) is 54.7 cm³/mol. The Labute approximate surface area is 93.6 Å². The summed E-state index contributed by atoms with van der Waals surface area (Å²) in [6.45, 7) is -0.239. The van der Waals surface area contributed by atoms with Crippen molar-refractivity contribution in [3.05, 3.63) is 0 Å². The van der Waals surface area contributed by atoms with E-state index in [1.165, 1.54) is 0 Å². The minimum Gasteiger partial charge on any atom is -0.481 e. The summed E-state index contributed by atoms with van der Waals surface area (Å²) in [4.78, 5) is 10.2. The van der Waals surface area contributed by atoms with E-state index in [0.29, 0.717) is 19.3 Å². The molecule has 0 bridgehead atoms. The molecule has 0 unspecified atom stereocenters. The lowest BCUT2D eigenvalue weighted by Gasteiger charge is -2.08. The second-order valence-corrected chi connectivity index (χ2v) is 3.78. The molecule has 2 N–H and O–H groups in total. The van der Waals surface area contributed by atoms with Crippen molar-refractivity contribution in [1.82, 2.24) is 5.32 Å². The zero-order chi connectivity index (χ0) is 10.6. The molecule has 1 aliphatic rings. The van der Waals surface area contributed by atoms with Crippen molar-refractivity contribution >= 4 is 18.4 Å². The van der Waals surface area contributed by atoms with Gasteiger partial charge in [0.2, 0.25) is 0 Å². The molecule has 1 aliphatic heterocycles. The lowest BCUT2D eigenvalue weighted by atomic mass is 10.1. The van der Waals surface area contributed by atoms with Gasteiger partial charge in [-0.25, -0.2) is 8.78 Å². The van der Waals surface area contributed by atoms with Gasteiger partial charge in [-0.1, -0.05) is 6.42 Å². The van der Waals surface area contributed by atoms with Gasteiger partial charge in [-0.15, -0.1) is 12.4 Å². The lowest BCUT2D eigenvalue weighted by molar-refractivity contribution is -0.137. The van der Waals surface area contributed by atoms with Crippen LogP contribution in [0.3, 0.4) is 0 Å². The number of halogens is 3. The molecule has 90 valence electrons. The molecule has 1 saturated heterocycles. The van der Waals surface area contributed by atoms with Crippen LogP contribution in [0.2, 0.25) is 0 Å². The molecule has 0 aromatic heterocycles. The van der Waals surface area contributed by atoms with E-state index in [1.54, 1.807) is 0 Å². The van der Waals surface area contributed by atoms with Crippen molar-refractivity contribution in [2.45, 2.75) is 44.1 Å². The normalized spacial score (nSPS) is 23.5. The summed E-state index contributed by atoms with van der Waals surface area (Å²) in [5.41, 5.74) is 0. The molecule has 0 amide bonds. The van der Waals surface area contributed by atoms with Crippen LogP contribution in [0.5, 0.6) is 0 Å². The van der Waals surface area contributed by atoms with Crippen LogP contribution in [-0.2, 0) is 4.79 Å². The van der Waals surface area contributed by atoms with Crippen molar-refractivity contribution in [3.63, 3.8) is 0 Å². The molecule has 1 fully saturated rings. The molecule has 0 aromatic carbocycles. The molecule has 15 heavy (non-hydrogen) atoms. The largest absolute Gasteiger partial charge is 0.481 e. The van der Waals surface area contributed by atoms with Gasteiger partial charge in [-0.2, -0.15) is 0 Å². The number of alkyl halides is 2. The van der Waals surface area contributed by atoms with Gasteiger partial charge >= 0.3 is 5.97 Å². The van der Waals surface area contributed by atoms with Crippen LogP contribution < -0.4 is 5.32 Å². The average molecular weight is 244 g/mol. The Morgan fingerprint density at radius 2 is 2.13 bits per heavy atom. The maximum atomic E-state index is 12.7. The third-order valence-corrected chi connectivity index (χ3v) is 2.39. The summed E-state index contributed by atoms with van der Waals surface area (Å²) in [6, 6.07) is -0.140. The molecule has 0 radical (unpaired) electrons. The smallest absolute Gasteiger partial charge is 0.303 e. The molecule has 1 heterocycles. The quantitative estimate of drug-likeness (QED) is 0.727. The molecule has 0 saturated carbocycles. The fourth-order valence-corrected chi connectivity index (χ4v) is 1.67. The first-order valence-corrected chi connectivity index (χ1v) is 4.83. The van der Waals surface area contributed by atoms with E-state index in [4.69, 9.17) is 5.11 Å². The highest BCUT2D eigenvalue weighted by Crippen LogP contribution is 2.27. The standard InChI is InChI=1S/C9H15F2NO2.ClH/c10-9(11)5-7(12-6-9)3-1-2-4-8(13)14;/h7,12H,1-6H2,(H,13,14);1H/t7-;/m1./s1. The highest BCUT2D eigenvalue weighted by Gasteiger charge is 2.38. The van der Waals surface area contributed by atoms with E-state index in [2.05, 4.69) is 5.32 Å². The minimum atomic E-state index is -2.57. The number of carbonyl (C=O) groups is 1. The number of nitrogens with one attached hydrogen (secondary N) is 1. The summed E-state index contributed by atoms with van der Waals surface area (Å²) in [7, 11) is 0. The first kappa shape index (κ1) is 14.6. The van der Waals surface area contributed by atoms with Crippen LogP contribution >= 0.6 is 12.4 Å². The maximum absolute atomic E-state index is 12.7. The van der Waals surface area contributed by atoms with Gasteiger partial charge in [-0.05, 0) is 12.8 Å². The third-order valence-electron chi connectivity index (χ3n) is 2.39. The number of unbranched alkanes of at least 4 members (excludes halogenated alkanes) is 1. The monoisotopic (exact) mass is 243 g/mol. The first-order valence-electron chi connectivity index (χ1n) is 4.83. The second kappa shape index (κ2) is 6.23. The fraction of sp³-hybridized carbons (Fsp3) is 0.889. The summed E-state index contributed by atoms with van der Waals surface area (Å²) in [6.07, 6.45) is 1.92. The molecule has 1 rings (SSSR count). The van der Waals surface area contributed by atoms with Gasteiger partial charge in [0.15, 0.2) is 0 Å². The SMILES string of the molecule is Cl.O=C(O)CCCC[C@@H]1CC(F)(F)CN1. The van der Waals surface area contributed by atoms with Gasteiger partial charge < -0.3 is 10.4 Å². The van der Waals surface area contributed by atoms with Gasteiger partial charge in [-0.3, -0.25) is 4.79 Å². The molecule has 3 nitrogen and oxygen atoms in total. The number of carboxylic acid groups (broad SMARTS) is 1. The van der Waals surface area contributed by atoms with Crippen molar-refractivity contribution in [2.75, 3.05) is 6.54 Å². The highest BCUT2D eigenvalue weighted by atomic mass is 35.5. The van der Waals surface area contributed by atoms with E-state index in [-0.39, 0.29) is 37.8 Å². The third kappa shape index (κ3) is 5.89. The molecular formula is C9H16ClF2NO2. The van der Waals surface area contributed by atoms with E-state index in [9.17, 15) is 13.6 Å². The second-order valence-electron chi connectivity index (χ2n) is 3.78. The maximum Gasteiger partial charge on any atom is 0.303 e. The van der Waals surface area contributed by atoms with E-state index in [1.807, 2.05) is 0 Å². The average Bonchev–Trinajstić information content (AvgIpc) is 2.39. The van der Waals surface area contributed by atoms with Crippen LogP contribution in [0, 0.1) is 0 Å². The number of carboxylic acids is 1. The summed E-state index contributed by atoms with van der Waals surface area (Å²) < 4.78 is 25.4. The minimum absolute atomic E-state index is 0. The molecule has 0 spiro atoms. The Hall–Kier alpha value is -0.420. The number of aliphatic carboxylic acids is 1. The van der Waals surface area contributed by atoms with Gasteiger partial charge in [0.05, 0.1) is 6.54 Å². The molecule has 0 aromatic rings. The van der Waals surface area contributed by atoms with Gasteiger partial charge in [0.25, 0.3) is 5.92 Å². The zero-order valence-corrected chi connectivity index (χ0v) is 9.16. The van der Waals surface area contributed by atoms with E-state index >= 15 is 0 Å². The highest BCUT2D eigenvalue weighted by molar-refractivity contribution is 5.85. The Balaban J connectivity index is 0.00000196. The summed E-state index contributed by atoms with van der Waals surface area (Å²) >= 11 is 0. The Bertz CT molecular complexity index is 214. The number of hydrogen-bond donors (Lipinski definition) is 2. The van der Waals surface area contributed by atoms with Crippen LogP contribution in [0.25, 0.3) is 0 Å². The van der Waals surface area contributed by atoms with E-state index in [0.717, 1.165) is 0 Å². The van der Waals surface area contributed by atoms with E-state index < -0.39 is 11.9 Å². The molecule has 1 atom stereocenters. The number of hydrogen-bond acceptors (Lipinski definition) is 2. The van der Waals surface area contributed by atoms with Gasteiger partial charge in [0.1, 0.15) is 0 Å². The molecule has 0 aliphatic carbocycles. The Kier molecular flexibility index (Phi) is 6.05. The van der Waals surface area contributed by atoms with Crippen molar-refractivity contribution < 1.29 is 18.7 Å². The fourth-order valence-electron chi connectivity index (χ4n) is 1.67. The Morgan fingerprint density at radius 1 is 1.47 bits per heavy atom. The van der Waals surface area contributed by atoms with Crippen molar-refractivity contribution in [2.24, 2.45) is 0 Å². The number of rotatable bonds is 5. The topological polar surface area (TPSA) is 49.3 Å². The van der Waals surface area contributed by atoms with Crippen LogP contribution in [0.15, 0.2) is 0 Å². The Morgan fingerprint density at radius 3 is 2.60 bits per heavy atom. The predicted octanol–water partition coefficient (Wildman–Crippen LogP) is 2.05. The summed E-state index contributed by atoms with van der Waals surface area (Å²) in [5, 5.41) is 11.1. The van der Waals surface area contributed by atoms with Crippen molar-refractivity contribution in [1.29, 1.82) is 0 Å². The molecule has 6 heteroatoms. The lowest BCUT2D eigenvalue weighted by Crippen LogP contribution is -2.22. The first-order chi connectivity index (χ1) is 6.49. The van der Waals surface area contributed by atoms with Crippen LogP contribution in [0.4, 0.5) is 8.78 Å². The van der Waals surface area contributed by atoms with Crippen LogP contribution in [-0.4, -0.2) is 29.6 Å². The molecular weight excluding hydrogens is 228 g/mol. The zero-order valence-electron chi connectivity index (χ0n) is 8.34. The van der Waals surface area contributed by atoms with Crippen LogP contribution in [0.1, 0.15) is 32.1 Å².